The van der Waals surface area contributed by atoms with Gasteiger partial charge in [0.05, 0.1) is 12.7 Å². The van der Waals surface area contributed by atoms with Gasteiger partial charge in [0.15, 0.2) is 5.78 Å². The van der Waals surface area contributed by atoms with Crippen molar-refractivity contribution in [3.05, 3.63) is 69.1 Å². The zero-order valence-electron chi connectivity index (χ0n) is 13.6. The van der Waals surface area contributed by atoms with Gasteiger partial charge in [0.1, 0.15) is 11.3 Å². The monoisotopic (exact) mass is 327 g/mol. The summed E-state index contributed by atoms with van der Waals surface area (Å²) in [5.41, 5.74) is 0.633. The number of carbonyl (C=O) groups is 2. The summed E-state index contributed by atoms with van der Waals surface area (Å²) in [5, 5.41) is 9.88. The third kappa shape index (κ3) is 3.43. The van der Waals surface area contributed by atoms with Crippen LogP contribution in [0.25, 0.3) is 6.08 Å². The van der Waals surface area contributed by atoms with Crippen molar-refractivity contribution in [3.63, 3.8) is 0 Å². The summed E-state index contributed by atoms with van der Waals surface area (Å²) in [6.45, 7) is 1.66. The van der Waals surface area contributed by atoms with Gasteiger partial charge in [-0.15, -0.1) is 0 Å². The van der Waals surface area contributed by atoms with E-state index < -0.39 is 17.3 Å². The van der Waals surface area contributed by atoms with Crippen molar-refractivity contribution in [2.45, 2.75) is 6.92 Å². The number of carbonyl (C=O) groups excluding carboxylic acids is 2. The standard InChI is InChI=1S/C18H17NO5/c1-11-9-15(21)16(17(22)19(11)2)14(20)8-7-12-5-4-6-13(10-12)18(23)24-3/h4-10,21H,1-3H3/b8-7+. The first-order valence-electron chi connectivity index (χ1n) is 7.15. The van der Waals surface area contributed by atoms with Gasteiger partial charge in [0, 0.05) is 18.8 Å². The third-order valence-electron chi connectivity index (χ3n) is 3.63. The van der Waals surface area contributed by atoms with Crippen molar-refractivity contribution in [1.82, 2.24) is 4.57 Å². The zero-order chi connectivity index (χ0) is 17.9. The number of hydrogen-bond donors (Lipinski definition) is 1. The van der Waals surface area contributed by atoms with Crippen molar-refractivity contribution in [3.8, 4) is 5.75 Å². The van der Waals surface area contributed by atoms with E-state index in [-0.39, 0.29) is 11.3 Å². The summed E-state index contributed by atoms with van der Waals surface area (Å²) in [7, 11) is 2.81. The molecule has 124 valence electrons. The second kappa shape index (κ2) is 6.95. The molecular weight excluding hydrogens is 310 g/mol. The Morgan fingerprint density at radius 3 is 2.62 bits per heavy atom. The Balaban J connectivity index is 2.34. The minimum absolute atomic E-state index is 0.288. The van der Waals surface area contributed by atoms with Crippen LogP contribution in [0.3, 0.4) is 0 Å². The highest BCUT2D eigenvalue weighted by atomic mass is 16.5. The van der Waals surface area contributed by atoms with Crippen LogP contribution in [0.15, 0.2) is 41.2 Å². The molecule has 6 heteroatoms. The molecule has 0 fully saturated rings. The molecule has 0 amide bonds. The van der Waals surface area contributed by atoms with E-state index in [9.17, 15) is 19.5 Å². The second-order valence-electron chi connectivity index (χ2n) is 5.22. The number of esters is 1. The van der Waals surface area contributed by atoms with Gasteiger partial charge in [0.2, 0.25) is 0 Å². The molecule has 1 N–H and O–H groups in total. The topological polar surface area (TPSA) is 85.6 Å². The molecule has 0 atom stereocenters. The number of allylic oxidation sites excluding steroid dienone is 1. The molecule has 1 aromatic heterocycles. The lowest BCUT2D eigenvalue weighted by Gasteiger charge is -2.07. The molecule has 2 aromatic rings. The molecule has 24 heavy (non-hydrogen) atoms. The maximum Gasteiger partial charge on any atom is 0.337 e. The van der Waals surface area contributed by atoms with Crippen molar-refractivity contribution < 1.29 is 19.4 Å². The van der Waals surface area contributed by atoms with Crippen LogP contribution in [0.5, 0.6) is 5.75 Å². The fraction of sp³-hybridized carbons (Fsp3) is 0.167. The number of aromatic nitrogens is 1. The van der Waals surface area contributed by atoms with Crippen LogP contribution in [0, 0.1) is 6.92 Å². The Labute approximate surface area is 138 Å². The van der Waals surface area contributed by atoms with E-state index in [4.69, 9.17) is 0 Å². The lowest BCUT2D eigenvalue weighted by atomic mass is 10.1. The van der Waals surface area contributed by atoms with E-state index in [1.807, 2.05) is 0 Å². The summed E-state index contributed by atoms with van der Waals surface area (Å²) < 4.78 is 5.93. The highest BCUT2D eigenvalue weighted by Crippen LogP contribution is 2.16. The van der Waals surface area contributed by atoms with Crippen molar-refractivity contribution >= 4 is 17.8 Å². The zero-order valence-corrected chi connectivity index (χ0v) is 13.6. The van der Waals surface area contributed by atoms with Gasteiger partial charge in [-0.25, -0.2) is 4.79 Å². The normalized spacial score (nSPS) is 10.8. The fourth-order valence-corrected chi connectivity index (χ4v) is 2.18. The molecule has 0 bridgehead atoms. The fourth-order valence-electron chi connectivity index (χ4n) is 2.18. The summed E-state index contributed by atoms with van der Waals surface area (Å²) in [5.74, 6) is -1.45. The largest absolute Gasteiger partial charge is 0.507 e. The van der Waals surface area contributed by atoms with Gasteiger partial charge >= 0.3 is 5.97 Å². The van der Waals surface area contributed by atoms with Crippen molar-refractivity contribution in [1.29, 1.82) is 0 Å². The molecule has 1 aromatic carbocycles. The van der Waals surface area contributed by atoms with Gasteiger partial charge in [-0.1, -0.05) is 18.2 Å². The molecule has 0 saturated carbocycles. The minimum atomic E-state index is -0.614. The van der Waals surface area contributed by atoms with Crippen LogP contribution in [-0.2, 0) is 11.8 Å². The number of nitrogens with zero attached hydrogens (tertiary/aromatic N) is 1. The van der Waals surface area contributed by atoms with Gasteiger partial charge in [0.25, 0.3) is 5.56 Å². The number of benzene rings is 1. The molecule has 1 heterocycles. The van der Waals surface area contributed by atoms with Crippen LogP contribution < -0.4 is 5.56 Å². The number of rotatable bonds is 4. The first kappa shape index (κ1) is 17.2. The second-order valence-corrected chi connectivity index (χ2v) is 5.22. The Hall–Kier alpha value is -3.15. The summed E-state index contributed by atoms with van der Waals surface area (Å²) >= 11 is 0. The maximum absolute atomic E-state index is 12.2. The smallest absolute Gasteiger partial charge is 0.337 e. The number of aromatic hydroxyl groups is 1. The maximum atomic E-state index is 12.2. The summed E-state index contributed by atoms with van der Waals surface area (Å²) in [6.07, 6.45) is 2.65. The van der Waals surface area contributed by atoms with E-state index >= 15 is 0 Å². The highest BCUT2D eigenvalue weighted by molar-refractivity contribution is 6.08. The average Bonchev–Trinajstić information content (AvgIpc) is 2.57. The summed E-state index contributed by atoms with van der Waals surface area (Å²) in [6, 6.07) is 7.86. The van der Waals surface area contributed by atoms with E-state index in [2.05, 4.69) is 4.74 Å². The SMILES string of the molecule is COC(=O)c1cccc(/C=C/C(=O)c2c(O)cc(C)n(C)c2=O)c1. The molecular formula is C18H17NO5. The highest BCUT2D eigenvalue weighted by Gasteiger charge is 2.16. The van der Waals surface area contributed by atoms with Gasteiger partial charge < -0.3 is 14.4 Å². The average molecular weight is 327 g/mol. The van der Waals surface area contributed by atoms with Crippen LogP contribution in [0.4, 0.5) is 0 Å². The number of methoxy groups -OCH3 is 1. The first-order valence-corrected chi connectivity index (χ1v) is 7.15. The third-order valence-corrected chi connectivity index (χ3v) is 3.63. The molecule has 0 radical (unpaired) electrons. The Kier molecular flexibility index (Phi) is 4.99. The molecule has 0 aliphatic rings. The van der Waals surface area contributed by atoms with E-state index in [0.717, 1.165) is 0 Å². The number of aryl methyl sites for hydroxylation is 1. The van der Waals surface area contributed by atoms with Crippen LogP contribution in [-0.4, -0.2) is 28.5 Å². The minimum Gasteiger partial charge on any atom is -0.507 e. The van der Waals surface area contributed by atoms with Gasteiger partial charge in [-0.3, -0.25) is 9.59 Å². The molecule has 0 aliphatic carbocycles. The lowest BCUT2D eigenvalue weighted by molar-refractivity contribution is 0.0600. The number of pyridine rings is 1. The Bertz CT molecular complexity index is 893. The first-order chi connectivity index (χ1) is 11.3. The van der Waals surface area contributed by atoms with Gasteiger partial charge in [-0.05, 0) is 30.7 Å². The molecule has 0 spiro atoms. The molecule has 0 unspecified atom stereocenters. The predicted octanol–water partition coefficient (Wildman–Crippen LogP) is 2.08. The Morgan fingerprint density at radius 1 is 1.25 bits per heavy atom. The van der Waals surface area contributed by atoms with Crippen LogP contribution in [0.2, 0.25) is 0 Å². The number of ketones is 1. The van der Waals surface area contributed by atoms with E-state index in [0.29, 0.717) is 16.8 Å². The van der Waals surface area contributed by atoms with Crippen LogP contribution in [0.1, 0.15) is 32.0 Å². The molecule has 0 saturated heterocycles. The lowest BCUT2D eigenvalue weighted by Crippen LogP contribution is -2.25. The molecule has 6 nitrogen and oxygen atoms in total. The number of hydrogen-bond acceptors (Lipinski definition) is 5. The van der Waals surface area contributed by atoms with E-state index in [1.54, 1.807) is 31.2 Å². The predicted molar refractivity (Wildman–Crippen MR) is 89.2 cm³/mol. The van der Waals surface area contributed by atoms with Crippen molar-refractivity contribution in [2.24, 2.45) is 7.05 Å². The van der Waals surface area contributed by atoms with Crippen molar-refractivity contribution in [2.75, 3.05) is 7.11 Å². The van der Waals surface area contributed by atoms with Gasteiger partial charge in [-0.2, -0.15) is 0 Å². The molecule has 0 aliphatic heterocycles. The summed E-state index contributed by atoms with van der Waals surface area (Å²) in [4.78, 5) is 35.9. The Morgan fingerprint density at radius 2 is 1.96 bits per heavy atom. The van der Waals surface area contributed by atoms with Crippen LogP contribution >= 0.6 is 0 Å². The number of ether oxygens (including phenoxy) is 1. The quantitative estimate of drug-likeness (QED) is 0.528. The molecule has 2 rings (SSSR count). The van der Waals surface area contributed by atoms with E-state index in [1.165, 1.54) is 36.9 Å².